The Morgan fingerprint density at radius 1 is 1.00 bits per heavy atom. The third-order valence-corrected chi connectivity index (χ3v) is 5.51. The van der Waals surface area contributed by atoms with Gasteiger partial charge in [0.25, 0.3) is 0 Å². The molecular weight excluding hydrogens is 430 g/mol. The largest absolute Gasteiger partial charge is 0.490 e. The Hall–Kier alpha value is -4.13. The molecule has 1 aromatic heterocycles. The molecule has 7 heteroatoms. The number of fused-ring (bicyclic) bond motifs is 1. The van der Waals surface area contributed by atoms with E-state index in [-0.39, 0.29) is 0 Å². The highest BCUT2D eigenvalue weighted by Gasteiger charge is 2.11. The van der Waals surface area contributed by atoms with Gasteiger partial charge >= 0.3 is 5.97 Å². The van der Waals surface area contributed by atoms with Gasteiger partial charge in [0.1, 0.15) is 12.1 Å². The number of benzene rings is 3. The molecule has 0 aliphatic carbocycles. The molecule has 0 unspecified atom stereocenters. The van der Waals surface area contributed by atoms with E-state index >= 15 is 0 Å². The first-order valence-corrected chi connectivity index (χ1v) is 11.2. The van der Waals surface area contributed by atoms with E-state index in [9.17, 15) is 4.79 Å². The fourth-order valence-corrected chi connectivity index (χ4v) is 3.90. The zero-order chi connectivity index (χ0) is 23.9. The van der Waals surface area contributed by atoms with Gasteiger partial charge in [0.05, 0.1) is 12.3 Å². The van der Waals surface area contributed by atoms with Crippen molar-refractivity contribution in [2.45, 2.75) is 20.3 Å². The second-order valence-corrected chi connectivity index (χ2v) is 7.82. The standard InChI is InChI=1S/C27H27N3O4/c1-3-33-25-14-20(10-11-24(25)34-16-27(31)32)23-15-26(30-17-29-23)28-13-12-21-18(2)8-9-19-6-4-5-7-22(19)21/h4-11,14-15,17H,3,12-13,16H2,1-2H3,(H,31,32)(H,28,29,30). The van der Waals surface area contributed by atoms with Crippen LogP contribution in [-0.4, -0.2) is 40.8 Å². The summed E-state index contributed by atoms with van der Waals surface area (Å²) >= 11 is 0. The normalized spacial score (nSPS) is 10.8. The van der Waals surface area contributed by atoms with Gasteiger partial charge in [0.15, 0.2) is 18.1 Å². The van der Waals surface area contributed by atoms with E-state index in [0.29, 0.717) is 18.1 Å². The van der Waals surface area contributed by atoms with Crippen molar-refractivity contribution in [3.05, 3.63) is 78.1 Å². The van der Waals surface area contributed by atoms with Crippen LogP contribution in [0.2, 0.25) is 0 Å². The Morgan fingerprint density at radius 3 is 2.68 bits per heavy atom. The third kappa shape index (κ3) is 5.43. The highest BCUT2D eigenvalue weighted by atomic mass is 16.5. The summed E-state index contributed by atoms with van der Waals surface area (Å²) in [5.74, 6) is 0.537. The first-order valence-electron chi connectivity index (χ1n) is 11.2. The zero-order valence-corrected chi connectivity index (χ0v) is 19.2. The molecule has 4 rings (SSSR count). The number of hydrogen-bond donors (Lipinski definition) is 2. The van der Waals surface area contributed by atoms with Crippen LogP contribution in [0.1, 0.15) is 18.1 Å². The fraction of sp³-hybridized carbons (Fsp3) is 0.222. The molecule has 0 radical (unpaired) electrons. The number of carboxylic acids is 1. The monoisotopic (exact) mass is 457 g/mol. The lowest BCUT2D eigenvalue weighted by Gasteiger charge is -2.13. The number of ether oxygens (including phenoxy) is 2. The number of rotatable bonds is 10. The Bertz CT molecular complexity index is 1310. The Kier molecular flexibility index (Phi) is 7.22. The number of aromatic nitrogens is 2. The second kappa shape index (κ2) is 10.7. The van der Waals surface area contributed by atoms with E-state index in [1.54, 1.807) is 12.1 Å². The molecule has 0 aliphatic heterocycles. The lowest BCUT2D eigenvalue weighted by molar-refractivity contribution is -0.139. The maximum atomic E-state index is 10.8. The molecule has 0 fully saturated rings. The quantitative estimate of drug-likeness (QED) is 0.341. The summed E-state index contributed by atoms with van der Waals surface area (Å²) in [5, 5.41) is 14.8. The van der Waals surface area contributed by atoms with Gasteiger partial charge in [0.2, 0.25) is 0 Å². The van der Waals surface area contributed by atoms with E-state index in [2.05, 4.69) is 58.6 Å². The molecule has 174 valence electrons. The minimum atomic E-state index is -1.04. The summed E-state index contributed by atoms with van der Waals surface area (Å²) < 4.78 is 11.0. The molecule has 0 saturated carbocycles. The smallest absolute Gasteiger partial charge is 0.341 e. The first-order chi connectivity index (χ1) is 16.5. The minimum Gasteiger partial charge on any atom is -0.490 e. The van der Waals surface area contributed by atoms with Crippen LogP contribution in [0, 0.1) is 6.92 Å². The van der Waals surface area contributed by atoms with Gasteiger partial charge in [-0.1, -0.05) is 36.4 Å². The van der Waals surface area contributed by atoms with Gasteiger partial charge in [-0.05, 0) is 60.4 Å². The number of aryl methyl sites for hydroxylation is 1. The van der Waals surface area contributed by atoms with Gasteiger partial charge in [0, 0.05) is 18.2 Å². The van der Waals surface area contributed by atoms with Crippen LogP contribution in [0.25, 0.3) is 22.0 Å². The van der Waals surface area contributed by atoms with Crippen molar-refractivity contribution in [3.63, 3.8) is 0 Å². The molecule has 2 N–H and O–H groups in total. The number of hydrogen-bond acceptors (Lipinski definition) is 6. The average Bonchev–Trinajstić information content (AvgIpc) is 2.85. The predicted octanol–water partition coefficient (Wildman–Crippen LogP) is 5.12. The maximum Gasteiger partial charge on any atom is 0.341 e. The molecule has 34 heavy (non-hydrogen) atoms. The van der Waals surface area contributed by atoms with Crippen molar-refractivity contribution in [2.75, 3.05) is 25.1 Å². The van der Waals surface area contributed by atoms with Gasteiger partial charge in [-0.25, -0.2) is 14.8 Å². The molecule has 0 amide bonds. The molecule has 7 nitrogen and oxygen atoms in total. The second-order valence-electron chi connectivity index (χ2n) is 7.82. The molecular formula is C27H27N3O4. The van der Waals surface area contributed by atoms with Crippen LogP contribution in [0.15, 0.2) is 67.0 Å². The average molecular weight is 458 g/mol. The van der Waals surface area contributed by atoms with Crippen molar-refractivity contribution < 1.29 is 19.4 Å². The van der Waals surface area contributed by atoms with Crippen LogP contribution < -0.4 is 14.8 Å². The number of carbonyl (C=O) groups is 1. The molecule has 1 heterocycles. The third-order valence-electron chi connectivity index (χ3n) is 5.51. The van der Waals surface area contributed by atoms with Crippen LogP contribution in [0.3, 0.4) is 0 Å². The molecule has 4 aromatic rings. The molecule has 0 bridgehead atoms. The molecule has 3 aromatic carbocycles. The number of carboxylic acid groups (broad SMARTS) is 1. The van der Waals surface area contributed by atoms with Gasteiger partial charge in [-0.3, -0.25) is 0 Å². The topological polar surface area (TPSA) is 93.6 Å². The van der Waals surface area contributed by atoms with Crippen LogP contribution in [0.4, 0.5) is 5.82 Å². The van der Waals surface area contributed by atoms with Crippen LogP contribution in [0.5, 0.6) is 11.5 Å². The Morgan fingerprint density at radius 2 is 1.85 bits per heavy atom. The Labute approximate surface area is 198 Å². The molecule has 0 saturated heterocycles. The molecule has 0 atom stereocenters. The van der Waals surface area contributed by atoms with Crippen molar-refractivity contribution in [3.8, 4) is 22.8 Å². The highest BCUT2D eigenvalue weighted by Crippen LogP contribution is 2.32. The highest BCUT2D eigenvalue weighted by molar-refractivity contribution is 5.86. The van der Waals surface area contributed by atoms with Gasteiger partial charge in [-0.2, -0.15) is 0 Å². The van der Waals surface area contributed by atoms with Gasteiger partial charge in [-0.15, -0.1) is 0 Å². The zero-order valence-electron chi connectivity index (χ0n) is 19.2. The van der Waals surface area contributed by atoms with Crippen molar-refractivity contribution in [1.82, 2.24) is 9.97 Å². The minimum absolute atomic E-state index is 0.380. The lowest BCUT2D eigenvalue weighted by atomic mass is 9.97. The summed E-state index contributed by atoms with van der Waals surface area (Å²) in [6, 6.07) is 20.0. The summed E-state index contributed by atoms with van der Waals surface area (Å²) in [7, 11) is 0. The molecule has 0 spiro atoms. The van der Waals surface area contributed by atoms with E-state index in [1.165, 1.54) is 28.2 Å². The maximum absolute atomic E-state index is 10.8. The van der Waals surface area contributed by atoms with Gasteiger partial charge < -0.3 is 19.9 Å². The van der Waals surface area contributed by atoms with Crippen LogP contribution >= 0.6 is 0 Å². The number of anilines is 1. The van der Waals surface area contributed by atoms with Crippen LogP contribution in [-0.2, 0) is 11.2 Å². The predicted molar refractivity (Wildman–Crippen MR) is 133 cm³/mol. The summed E-state index contributed by atoms with van der Waals surface area (Å²) in [6.45, 7) is 4.73. The summed E-state index contributed by atoms with van der Waals surface area (Å²) in [6.07, 6.45) is 2.40. The summed E-state index contributed by atoms with van der Waals surface area (Å²) in [4.78, 5) is 19.6. The Balaban J connectivity index is 1.49. The molecule has 0 aliphatic rings. The number of aliphatic carboxylic acids is 1. The van der Waals surface area contributed by atoms with Crippen molar-refractivity contribution in [1.29, 1.82) is 0 Å². The first kappa shape index (κ1) is 23.0. The SMILES string of the molecule is CCOc1cc(-c2cc(NCCc3c(C)ccc4ccccc34)ncn2)ccc1OCC(=O)O. The summed E-state index contributed by atoms with van der Waals surface area (Å²) in [5.41, 5.74) is 4.15. The van der Waals surface area contributed by atoms with Crippen molar-refractivity contribution >= 4 is 22.6 Å². The lowest BCUT2D eigenvalue weighted by Crippen LogP contribution is -2.10. The van der Waals surface area contributed by atoms with E-state index in [0.717, 1.165) is 30.0 Å². The van der Waals surface area contributed by atoms with E-state index in [1.807, 2.05) is 19.1 Å². The van der Waals surface area contributed by atoms with E-state index in [4.69, 9.17) is 14.6 Å². The number of nitrogens with zero attached hydrogens (tertiary/aromatic N) is 2. The van der Waals surface area contributed by atoms with E-state index < -0.39 is 12.6 Å². The van der Waals surface area contributed by atoms with Crippen molar-refractivity contribution in [2.24, 2.45) is 0 Å². The number of nitrogens with one attached hydrogen (secondary N) is 1. The fourth-order valence-electron chi connectivity index (χ4n) is 3.90.